The molecule has 2 aromatic rings. The highest BCUT2D eigenvalue weighted by molar-refractivity contribution is 7.11. The van der Waals surface area contributed by atoms with Gasteiger partial charge in [-0.2, -0.15) is 0 Å². The third-order valence-electron chi connectivity index (χ3n) is 3.99. The zero-order chi connectivity index (χ0) is 14.8. The van der Waals surface area contributed by atoms with Crippen molar-refractivity contribution in [3.05, 3.63) is 39.7 Å². The van der Waals surface area contributed by atoms with Crippen molar-refractivity contribution >= 4 is 11.3 Å². The summed E-state index contributed by atoms with van der Waals surface area (Å²) >= 11 is 1.80. The summed E-state index contributed by atoms with van der Waals surface area (Å²) in [6.07, 6.45) is 5.13. The lowest BCUT2D eigenvalue weighted by Crippen LogP contribution is -2.33. The Balaban J connectivity index is 1.61. The fourth-order valence-corrected chi connectivity index (χ4v) is 4.11. The second-order valence-electron chi connectivity index (χ2n) is 5.82. The SMILES string of the molecule is Cc1nc2c(s1)C(NC(C)CC(O)c1ccco1)CCC2. The van der Waals surface area contributed by atoms with E-state index in [4.69, 9.17) is 4.42 Å². The van der Waals surface area contributed by atoms with Crippen molar-refractivity contribution in [3.63, 3.8) is 0 Å². The van der Waals surface area contributed by atoms with Gasteiger partial charge in [-0.15, -0.1) is 11.3 Å². The van der Waals surface area contributed by atoms with Gasteiger partial charge in [0.2, 0.25) is 0 Å². The monoisotopic (exact) mass is 306 g/mol. The number of hydrogen-bond donors (Lipinski definition) is 2. The summed E-state index contributed by atoms with van der Waals surface area (Å²) in [6.45, 7) is 4.19. The predicted molar refractivity (Wildman–Crippen MR) is 83.4 cm³/mol. The first-order chi connectivity index (χ1) is 10.1. The van der Waals surface area contributed by atoms with Gasteiger partial charge in [-0.1, -0.05) is 0 Å². The number of aromatic nitrogens is 1. The van der Waals surface area contributed by atoms with Crippen molar-refractivity contribution in [1.29, 1.82) is 0 Å². The lowest BCUT2D eigenvalue weighted by atomic mass is 9.96. The molecular formula is C16H22N2O2S. The molecule has 1 aliphatic carbocycles. The Kier molecular flexibility index (Phi) is 4.42. The molecule has 1 aliphatic rings. The Morgan fingerprint density at radius 1 is 1.57 bits per heavy atom. The fraction of sp³-hybridized carbons (Fsp3) is 0.562. The average molecular weight is 306 g/mol. The Morgan fingerprint density at radius 2 is 2.43 bits per heavy atom. The van der Waals surface area contributed by atoms with E-state index in [0.717, 1.165) is 17.8 Å². The summed E-state index contributed by atoms with van der Waals surface area (Å²) in [5, 5.41) is 15.0. The number of aliphatic hydroxyl groups excluding tert-OH is 1. The zero-order valence-electron chi connectivity index (χ0n) is 12.5. The number of nitrogens with zero attached hydrogens (tertiary/aromatic N) is 1. The van der Waals surface area contributed by atoms with E-state index in [1.807, 2.05) is 12.1 Å². The lowest BCUT2D eigenvalue weighted by molar-refractivity contribution is 0.126. The molecule has 0 saturated carbocycles. The first-order valence-electron chi connectivity index (χ1n) is 7.57. The molecule has 3 atom stereocenters. The van der Waals surface area contributed by atoms with E-state index in [-0.39, 0.29) is 6.04 Å². The quantitative estimate of drug-likeness (QED) is 0.887. The standard InChI is InChI=1S/C16H22N2O2S/c1-10(9-14(19)15-7-4-8-20-15)17-12-5-3-6-13-16(12)21-11(2)18-13/h4,7-8,10,12,14,17,19H,3,5-6,9H2,1-2H3. The summed E-state index contributed by atoms with van der Waals surface area (Å²) in [6, 6.07) is 4.23. The second-order valence-corrected chi connectivity index (χ2v) is 7.06. The maximum absolute atomic E-state index is 10.2. The molecule has 3 unspecified atom stereocenters. The van der Waals surface area contributed by atoms with E-state index in [1.54, 1.807) is 17.6 Å². The second kappa shape index (κ2) is 6.30. The molecule has 0 aromatic carbocycles. The van der Waals surface area contributed by atoms with E-state index < -0.39 is 6.10 Å². The maximum Gasteiger partial charge on any atom is 0.132 e. The van der Waals surface area contributed by atoms with Crippen molar-refractivity contribution in [2.45, 2.75) is 57.7 Å². The number of furan rings is 1. The average Bonchev–Trinajstić information content (AvgIpc) is 3.06. The number of fused-ring (bicyclic) bond motifs is 1. The topological polar surface area (TPSA) is 58.3 Å². The van der Waals surface area contributed by atoms with Crippen LogP contribution in [0.5, 0.6) is 0 Å². The smallest absolute Gasteiger partial charge is 0.132 e. The summed E-state index contributed by atoms with van der Waals surface area (Å²) in [5.41, 5.74) is 1.26. The van der Waals surface area contributed by atoms with Gasteiger partial charge in [0, 0.05) is 17.0 Å². The normalized spacial score (nSPS) is 21.0. The predicted octanol–water partition coefficient (Wildman–Crippen LogP) is 3.52. The van der Waals surface area contributed by atoms with Crippen LogP contribution in [0.1, 0.15) is 59.7 Å². The van der Waals surface area contributed by atoms with E-state index in [2.05, 4.69) is 24.1 Å². The van der Waals surface area contributed by atoms with Crippen molar-refractivity contribution in [3.8, 4) is 0 Å². The zero-order valence-corrected chi connectivity index (χ0v) is 13.3. The van der Waals surface area contributed by atoms with Crippen LogP contribution in [0, 0.1) is 6.92 Å². The molecule has 0 amide bonds. The van der Waals surface area contributed by atoms with Crippen LogP contribution >= 0.6 is 11.3 Å². The van der Waals surface area contributed by atoms with Crippen LogP contribution in [0.4, 0.5) is 0 Å². The highest BCUT2D eigenvalue weighted by Crippen LogP contribution is 2.34. The van der Waals surface area contributed by atoms with Crippen molar-refractivity contribution in [2.75, 3.05) is 0 Å². The van der Waals surface area contributed by atoms with Gasteiger partial charge in [0.25, 0.3) is 0 Å². The first kappa shape index (κ1) is 14.8. The van der Waals surface area contributed by atoms with E-state index in [0.29, 0.717) is 18.2 Å². The first-order valence-corrected chi connectivity index (χ1v) is 8.39. The molecule has 0 fully saturated rings. The third-order valence-corrected chi connectivity index (χ3v) is 5.12. The maximum atomic E-state index is 10.2. The molecular weight excluding hydrogens is 284 g/mol. The number of thiazole rings is 1. The van der Waals surface area contributed by atoms with Gasteiger partial charge in [-0.05, 0) is 51.7 Å². The van der Waals surface area contributed by atoms with Crippen molar-refractivity contribution in [1.82, 2.24) is 10.3 Å². The Labute approximate surface area is 129 Å². The van der Waals surface area contributed by atoms with Crippen LogP contribution in [0.15, 0.2) is 22.8 Å². The van der Waals surface area contributed by atoms with Gasteiger partial charge >= 0.3 is 0 Å². The molecule has 0 saturated heterocycles. The molecule has 0 spiro atoms. The van der Waals surface area contributed by atoms with Crippen LogP contribution in [0.25, 0.3) is 0 Å². The molecule has 0 radical (unpaired) electrons. The van der Waals surface area contributed by atoms with Crippen LogP contribution < -0.4 is 5.32 Å². The number of hydrogen-bond acceptors (Lipinski definition) is 5. The molecule has 2 aromatic heterocycles. The molecule has 5 heteroatoms. The van der Waals surface area contributed by atoms with E-state index in [1.165, 1.54) is 17.0 Å². The van der Waals surface area contributed by atoms with Gasteiger partial charge in [-0.25, -0.2) is 4.98 Å². The van der Waals surface area contributed by atoms with Crippen LogP contribution in [-0.4, -0.2) is 16.1 Å². The number of aryl methyl sites for hydroxylation is 2. The Bertz CT molecular complexity index is 579. The van der Waals surface area contributed by atoms with Gasteiger partial charge in [0.15, 0.2) is 0 Å². The Hall–Kier alpha value is -1.17. The molecule has 0 bridgehead atoms. The highest BCUT2D eigenvalue weighted by atomic mass is 32.1. The number of nitrogens with one attached hydrogen (secondary N) is 1. The van der Waals surface area contributed by atoms with Crippen molar-refractivity contribution in [2.24, 2.45) is 0 Å². The number of aliphatic hydroxyl groups is 1. The van der Waals surface area contributed by atoms with Gasteiger partial charge in [0.05, 0.1) is 17.0 Å². The summed E-state index contributed by atoms with van der Waals surface area (Å²) in [4.78, 5) is 6.01. The minimum atomic E-state index is -0.547. The molecule has 3 rings (SSSR count). The molecule has 4 nitrogen and oxygen atoms in total. The Morgan fingerprint density at radius 3 is 3.19 bits per heavy atom. The van der Waals surface area contributed by atoms with Gasteiger partial charge in [-0.3, -0.25) is 0 Å². The van der Waals surface area contributed by atoms with E-state index >= 15 is 0 Å². The van der Waals surface area contributed by atoms with E-state index in [9.17, 15) is 5.11 Å². The number of rotatable bonds is 5. The fourth-order valence-electron chi connectivity index (χ4n) is 3.04. The third kappa shape index (κ3) is 3.36. The van der Waals surface area contributed by atoms with Crippen LogP contribution in [0.3, 0.4) is 0 Å². The summed E-state index contributed by atoms with van der Waals surface area (Å²) in [5.74, 6) is 0.640. The minimum absolute atomic E-state index is 0.225. The largest absolute Gasteiger partial charge is 0.467 e. The molecule has 2 N–H and O–H groups in total. The lowest BCUT2D eigenvalue weighted by Gasteiger charge is -2.27. The highest BCUT2D eigenvalue weighted by Gasteiger charge is 2.25. The molecule has 114 valence electrons. The molecule has 0 aliphatic heterocycles. The summed E-state index contributed by atoms with van der Waals surface area (Å²) < 4.78 is 5.26. The molecule has 2 heterocycles. The summed E-state index contributed by atoms with van der Waals surface area (Å²) in [7, 11) is 0. The van der Waals surface area contributed by atoms with Crippen LogP contribution in [-0.2, 0) is 6.42 Å². The van der Waals surface area contributed by atoms with Gasteiger partial charge in [0.1, 0.15) is 11.9 Å². The molecule has 21 heavy (non-hydrogen) atoms. The van der Waals surface area contributed by atoms with Gasteiger partial charge < -0.3 is 14.8 Å². The van der Waals surface area contributed by atoms with Crippen LogP contribution in [0.2, 0.25) is 0 Å². The minimum Gasteiger partial charge on any atom is -0.467 e. The van der Waals surface area contributed by atoms with Crippen molar-refractivity contribution < 1.29 is 9.52 Å².